The largest absolute Gasteiger partial charge is 0.384 e. The van der Waals surface area contributed by atoms with Crippen molar-refractivity contribution in [3.8, 4) is 0 Å². The molecule has 0 amide bonds. The molecule has 0 saturated heterocycles. The van der Waals surface area contributed by atoms with E-state index in [4.69, 9.17) is 22.7 Å². The molecule has 1 aromatic carbocycles. The lowest BCUT2D eigenvalue weighted by molar-refractivity contribution is 0.889. The van der Waals surface area contributed by atoms with E-state index >= 15 is 0 Å². The molecule has 0 bridgehead atoms. The monoisotopic (exact) mass is 294 g/mol. The molecule has 1 aromatic heterocycles. The molecule has 6 heteroatoms. The van der Waals surface area contributed by atoms with Gasteiger partial charge in [0.1, 0.15) is 5.84 Å². The van der Waals surface area contributed by atoms with E-state index in [9.17, 15) is 0 Å². The molecule has 2 rings (SSSR count). The summed E-state index contributed by atoms with van der Waals surface area (Å²) in [5.41, 5.74) is 8.13. The second-order valence-corrected chi connectivity index (χ2v) is 5.79. The first kappa shape index (κ1) is 13.8. The minimum absolute atomic E-state index is 0.0128. The van der Waals surface area contributed by atoms with Crippen LogP contribution in [-0.2, 0) is 6.54 Å². The molecular formula is C13H15ClN4S. The Morgan fingerprint density at radius 3 is 2.84 bits per heavy atom. The second-order valence-electron chi connectivity index (χ2n) is 4.29. The molecule has 0 unspecified atom stereocenters. The third-order valence-corrected chi connectivity index (χ3v) is 3.78. The minimum atomic E-state index is 0.0128. The second kappa shape index (κ2) is 5.59. The van der Waals surface area contributed by atoms with E-state index in [1.54, 1.807) is 23.5 Å². The first-order valence-corrected chi connectivity index (χ1v) is 6.99. The molecule has 0 aliphatic heterocycles. The summed E-state index contributed by atoms with van der Waals surface area (Å²) in [5.74, 6) is 0.0128. The number of nitrogen functional groups attached to an aromatic ring is 1. The normalized spacial score (nSPS) is 10.5. The molecule has 0 aliphatic carbocycles. The average molecular weight is 295 g/mol. The molecule has 19 heavy (non-hydrogen) atoms. The van der Waals surface area contributed by atoms with Gasteiger partial charge in [0.2, 0.25) is 0 Å². The average Bonchev–Trinajstić information content (AvgIpc) is 2.74. The Bertz CT molecular complexity index is 608. The topological polar surface area (TPSA) is 66.0 Å². The van der Waals surface area contributed by atoms with Crippen LogP contribution in [0.25, 0.3) is 0 Å². The maximum atomic E-state index is 7.63. The summed E-state index contributed by atoms with van der Waals surface area (Å²) in [6.07, 6.45) is 0. The first-order chi connectivity index (χ1) is 8.97. The highest BCUT2D eigenvalue weighted by Crippen LogP contribution is 2.24. The zero-order chi connectivity index (χ0) is 14.0. The third kappa shape index (κ3) is 3.24. The summed E-state index contributed by atoms with van der Waals surface area (Å²) >= 11 is 7.58. The van der Waals surface area contributed by atoms with Crippen molar-refractivity contribution >= 4 is 34.5 Å². The molecule has 0 atom stereocenters. The number of thiazole rings is 1. The number of benzene rings is 1. The Kier molecular flexibility index (Phi) is 4.07. The number of amidine groups is 1. The fraction of sp³-hybridized carbons (Fsp3) is 0.231. The maximum Gasteiger partial charge on any atom is 0.124 e. The summed E-state index contributed by atoms with van der Waals surface area (Å²) in [5, 5.41) is 11.3. The predicted molar refractivity (Wildman–Crippen MR) is 81.4 cm³/mol. The Hall–Kier alpha value is -1.59. The molecule has 0 radical (unpaired) electrons. The van der Waals surface area contributed by atoms with Crippen LogP contribution in [-0.4, -0.2) is 17.9 Å². The van der Waals surface area contributed by atoms with Gasteiger partial charge in [0, 0.05) is 28.7 Å². The zero-order valence-corrected chi connectivity index (χ0v) is 12.3. The number of hydrogen-bond acceptors (Lipinski definition) is 4. The Morgan fingerprint density at radius 1 is 1.53 bits per heavy atom. The van der Waals surface area contributed by atoms with Gasteiger partial charge in [0.15, 0.2) is 0 Å². The lowest BCUT2D eigenvalue weighted by atomic mass is 10.1. The highest BCUT2D eigenvalue weighted by atomic mass is 35.5. The van der Waals surface area contributed by atoms with E-state index in [0.29, 0.717) is 17.1 Å². The van der Waals surface area contributed by atoms with Crippen LogP contribution in [0.15, 0.2) is 23.6 Å². The van der Waals surface area contributed by atoms with Crippen LogP contribution in [0.1, 0.15) is 16.3 Å². The van der Waals surface area contributed by atoms with Gasteiger partial charge in [-0.1, -0.05) is 11.6 Å². The number of hydrogen-bond donors (Lipinski definition) is 2. The lowest BCUT2D eigenvalue weighted by Crippen LogP contribution is -2.22. The molecular weight excluding hydrogens is 280 g/mol. The molecule has 0 fully saturated rings. The lowest BCUT2D eigenvalue weighted by Gasteiger charge is -2.21. The standard InChI is InChI=1S/C13H15ClN4S/c1-8-17-10(7-19-8)6-18(2)12-4-3-9(14)5-11(12)13(15)16/h3-5,7H,6H2,1-2H3,(H3,15,16). The molecule has 0 aliphatic rings. The van der Waals surface area contributed by atoms with E-state index in [-0.39, 0.29) is 5.84 Å². The van der Waals surface area contributed by atoms with Gasteiger partial charge >= 0.3 is 0 Å². The predicted octanol–water partition coefficient (Wildman–Crippen LogP) is 3.03. The molecule has 2 aromatic rings. The summed E-state index contributed by atoms with van der Waals surface area (Å²) in [6, 6.07) is 5.38. The van der Waals surface area contributed by atoms with Gasteiger partial charge in [-0.05, 0) is 25.1 Å². The van der Waals surface area contributed by atoms with Crippen molar-refractivity contribution in [2.75, 3.05) is 11.9 Å². The van der Waals surface area contributed by atoms with E-state index < -0.39 is 0 Å². The summed E-state index contributed by atoms with van der Waals surface area (Å²) in [6.45, 7) is 2.66. The van der Waals surface area contributed by atoms with Crippen molar-refractivity contribution in [1.82, 2.24) is 4.98 Å². The van der Waals surface area contributed by atoms with Gasteiger partial charge in [0.25, 0.3) is 0 Å². The fourth-order valence-corrected chi connectivity index (χ4v) is 2.64. The molecule has 0 saturated carbocycles. The molecule has 0 spiro atoms. The van der Waals surface area contributed by atoms with E-state index in [1.807, 2.05) is 30.3 Å². The number of nitrogens with two attached hydrogens (primary N) is 1. The molecule has 1 heterocycles. The van der Waals surface area contributed by atoms with Crippen LogP contribution in [0, 0.1) is 12.3 Å². The fourth-order valence-electron chi connectivity index (χ4n) is 1.87. The number of anilines is 1. The number of rotatable bonds is 4. The van der Waals surface area contributed by atoms with Crippen molar-refractivity contribution in [2.24, 2.45) is 5.73 Å². The van der Waals surface area contributed by atoms with Crippen molar-refractivity contribution in [3.63, 3.8) is 0 Å². The van der Waals surface area contributed by atoms with Crippen molar-refractivity contribution in [1.29, 1.82) is 5.41 Å². The van der Waals surface area contributed by atoms with Crippen molar-refractivity contribution in [2.45, 2.75) is 13.5 Å². The number of nitrogens with one attached hydrogen (secondary N) is 1. The SMILES string of the molecule is Cc1nc(CN(C)c2ccc(Cl)cc2C(=N)N)cs1. The number of aryl methyl sites for hydroxylation is 1. The molecule has 3 N–H and O–H groups in total. The summed E-state index contributed by atoms with van der Waals surface area (Å²) in [7, 11) is 1.95. The summed E-state index contributed by atoms with van der Waals surface area (Å²) in [4.78, 5) is 6.45. The Morgan fingerprint density at radius 2 is 2.26 bits per heavy atom. The van der Waals surface area contributed by atoms with Crippen LogP contribution in [0.3, 0.4) is 0 Å². The number of halogens is 1. The Labute approximate surface area is 121 Å². The quantitative estimate of drug-likeness (QED) is 0.673. The van der Waals surface area contributed by atoms with E-state index in [1.165, 1.54) is 0 Å². The summed E-state index contributed by atoms with van der Waals surface area (Å²) < 4.78 is 0. The van der Waals surface area contributed by atoms with Gasteiger partial charge in [-0.15, -0.1) is 11.3 Å². The van der Waals surface area contributed by atoms with Gasteiger partial charge in [0.05, 0.1) is 17.2 Å². The number of nitrogens with zero attached hydrogens (tertiary/aromatic N) is 2. The van der Waals surface area contributed by atoms with Gasteiger partial charge in [-0.2, -0.15) is 0 Å². The van der Waals surface area contributed by atoms with Gasteiger partial charge < -0.3 is 10.6 Å². The van der Waals surface area contributed by atoms with Gasteiger partial charge in [-0.3, -0.25) is 5.41 Å². The van der Waals surface area contributed by atoms with E-state index in [2.05, 4.69) is 4.98 Å². The smallest absolute Gasteiger partial charge is 0.124 e. The van der Waals surface area contributed by atoms with Crippen LogP contribution < -0.4 is 10.6 Å². The van der Waals surface area contributed by atoms with Crippen molar-refractivity contribution in [3.05, 3.63) is 44.9 Å². The van der Waals surface area contributed by atoms with Crippen LogP contribution in [0.4, 0.5) is 5.69 Å². The van der Waals surface area contributed by atoms with Gasteiger partial charge in [-0.25, -0.2) is 4.98 Å². The molecule has 100 valence electrons. The maximum absolute atomic E-state index is 7.63. The third-order valence-electron chi connectivity index (χ3n) is 2.73. The first-order valence-electron chi connectivity index (χ1n) is 5.73. The van der Waals surface area contributed by atoms with Crippen LogP contribution in [0.2, 0.25) is 5.02 Å². The van der Waals surface area contributed by atoms with Crippen molar-refractivity contribution < 1.29 is 0 Å². The Balaban J connectivity index is 2.28. The van der Waals surface area contributed by atoms with Crippen LogP contribution >= 0.6 is 22.9 Å². The highest BCUT2D eigenvalue weighted by molar-refractivity contribution is 7.09. The zero-order valence-electron chi connectivity index (χ0n) is 10.8. The van der Waals surface area contributed by atoms with E-state index in [0.717, 1.165) is 16.4 Å². The van der Waals surface area contributed by atoms with Crippen LogP contribution in [0.5, 0.6) is 0 Å². The number of aromatic nitrogens is 1. The minimum Gasteiger partial charge on any atom is -0.384 e. The highest BCUT2D eigenvalue weighted by Gasteiger charge is 2.12. The molecule has 4 nitrogen and oxygen atoms in total.